The Morgan fingerprint density at radius 3 is 2.84 bits per heavy atom. The van der Waals surface area contributed by atoms with Crippen LogP contribution in [0.15, 0.2) is 0 Å². The van der Waals surface area contributed by atoms with Gasteiger partial charge in [-0.1, -0.05) is 0 Å². The van der Waals surface area contributed by atoms with Crippen molar-refractivity contribution in [3.8, 4) is 0 Å². The van der Waals surface area contributed by atoms with Gasteiger partial charge in [-0.2, -0.15) is 0 Å². The second-order valence-corrected chi connectivity index (χ2v) is 5.14. The van der Waals surface area contributed by atoms with Crippen LogP contribution in [-0.2, 0) is 14.3 Å². The lowest BCUT2D eigenvalue weighted by Gasteiger charge is -2.28. The molecule has 0 aromatic rings. The van der Waals surface area contributed by atoms with Gasteiger partial charge in [0.2, 0.25) is 5.91 Å². The second kappa shape index (κ2) is 7.88. The van der Waals surface area contributed by atoms with Crippen molar-refractivity contribution in [2.45, 2.75) is 6.42 Å². The summed E-state index contributed by atoms with van der Waals surface area (Å²) in [6.45, 7) is 1.96. The van der Waals surface area contributed by atoms with Crippen LogP contribution in [0.1, 0.15) is 6.42 Å². The molecule has 0 atom stereocenters. The second-order valence-electron chi connectivity index (χ2n) is 4.16. The summed E-state index contributed by atoms with van der Waals surface area (Å²) in [5, 5.41) is 8.46. The van der Waals surface area contributed by atoms with Crippen molar-refractivity contribution in [1.29, 1.82) is 0 Å². The van der Waals surface area contributed by atoms with Crippen LogP contribution < -0.4 is 0 Å². The van der Waals surface area contributed by atoms with Gasteiger partial charge in [-0.15, -0.1) is 11.8 Å². The molecule has 1 fully saturated rings. The van der Waals surface area contributed by atoms with E-state index in [1.807, 2.05) is 0 Å². The number of carboxylic acids is 1. The number of amides is 2. The first kappa shape index (κ1) is 15.6. The van der Waals surface area contributed by atoms with Crippen molar-refractivity contribution in [2.75, 3.05) is 44.8 Å². The minimum atomic E-state index is -0.934. The number of carbonyl (C=O) groups is 3. The first-order valence-corrected chi connectivity index (χ1v) is 7.11. The molecular weight excluding hydrogens is 272 g/mol. The fourth-order valence-electron chi connectivity index (χ4n) is 1.53. The molecule has 0 aromatic heterocycles. The number of carbonyl (C=O) groups excluding carboxylic acids is 2. The molecule has 0 spiro atoms. The molecule has 1 N–H and O–H groups in total. The highest BCUT2D eigenvalue weighted by atomic mass is 32.2. The number of cyclic esters (lactones) is 1. The Kier molecular flexibility index (Phi) is 6.48. The molecule has 2 amide bonds. The number of hydrogen-bond donors (Lipinski definition) is 1. The summed E-state index contributed by atoms with van der Waals surface area (Å²) in [7, 11) is 1.64. The fraction of sp³-hybridized carbons (Fsp3) is 0.727. The van der Waals surface area contributed by atoms with Crippen molar-refractivity contribution in [2.24, 2.45) is 0 Å². The SMILES string of the molecule is CN(CCN1CCCOC1=O)C(=O)CSCC(=O)O. The number of carboxylic acid groups (broad SMARTS) is 1. The van der Waals surface area contributed by atoms with Crippen molar-refractivity contribution in [1.82, 2.24) is 9.80 Å². The van der Waals surface area contributed by atoms with Crippen LogP contribution in [-0.4, -0.2) is 77.7 Å². The van der Waals surface area contributed by atoms with Crippen LogP contribution in [0.5, 0.6) is 0 Å². The van der Waals surface area contributed by atoms with Gasteiger partial charge in [0.15, 0.2) is 0 Å². The summed E-state index contributed by atoms with van der Waals surface area (Å²) >= 11 is 1.06. The topological polar surface area (TPSA) is 87.2 Å². The van der Waals surface area contributed by atoms with Gasteiger partial charge < -0.3 is 19.6 Å². The van der Waals surface area contributed by atoms with Gasteiger partial charge in [-0.05, 0) is 6.42 Å². The Labute approximate surface area is 115 Å². The lowest BCUT2D eigenvalue weighted by molar-refractivity contribution is -0.133. The molecule has 19 heavy (non-hydrogen) atoms. The molecule has 1 heterocycles. The normalized spacial score (nSPS) is 15.0. The van der Waals surface area contributed by atoms with E-state index in [0.29, 0.717) is 26.2 Å². The molecule has 0 aromatic carbocycles. The molecule has 7 nitrogen and oxygen atoms in total. The molecule has 1 aliphatic heterocycles. The lowest BCUT2D eigenvalue weighted by atomic mass is 10.3. The minimum absolute atomic E-state index is 0.0853. The first-order chi connectivity index (χ1) is 9.00. The summed E-state index contributed by atoms with van der Waals surface area (Å²) in [5.41, 5.74) is 0. The molecule has 1 rings (SSSR count). The maximum Gasteiger partial charge on any atom is 0.409 e. The number of hydrogen-bond acceptors (Lipinski definition) is 5. The molecule has 0 saturated carbocycles. The van der Waals surface area contributed by atoms with E-state index < -0.39 is 5.97 Å². The summed E-state index contributed by atoms with van der Waals surface area (Å²) in [4.78, 5) is 36.4. The van der Waals surface area contributed by atoms with Gasteiger partial charge in [-0.3, -0.25) is 9.59 Å². The number of likely N-dealkylation sites (N-methyl/N-ethyl adjacent to an activating group) is 1. The predicted molar refractivity (Wildman–Crippen MR) is 70.1 cm³/mol. The number of aliphatic carboxylic acids is 1. The maximum absolute atomic E-state index is 11.7. The van der Waals surface area contributed by atoms with E-state index in [0.717, 1.165) is 18.2 Å². The van der Waals surface area contributed by atoms with Gasteiger partial charge in [0.1, 0.15) is 0 Å². The van der Waals surface area contributed by atoms with Gasteiger partial charge >= 0.3 is 12.1 Å². The smallest absolute Gasteiger partial charge is 0.409 e. The molecule has 108 valence electrons. The Morgan fingerprint density at radius 1 is 1.47 bits per heavy atom. The molecule has 1 aliphatic rings. The molecular formula is C11H18N2O5S. The van der Waals surface area contributed by atoms with Gasteiger partial charge in [-0.25, -0.2) is 4.79 Å². The Morgan fingerprint density at radius 2 is 2.21 bits per heavy atom. The molecule has 8 heteroatoms. The van der Waals surface area contributed by atoms with Crippen molar-refractivity contribution >= 4 is 29.7 Å². The van der Waals surface area contributed by atoms with E-state index in [4.69, 9.17) is 9.84 Å². The highest BCUT2D eigenvalue weighted by Gasteiger charge is 2.20. The van der Waals surface area contributed by atoms with E-state index in [-0.39, 0.29) is 23.5 Å². The van der Waals surface area contributed by atoms with Crippen LogP contribution in [0, 0.1) is 0 Å². The van der Waals surface area contributed by atoms with Crippen molar-refractivity contribution in [3.63, 3.8) is 0 Å². The van der Waals surface area contributed by atoms with E-state index in [1.165, 1.54) is 4.90 Å². The number of rotatable bonds is 7. The van der Waals surface area contributed by atoms with E-state index in [1.54, 1.807) is 11.9 Å². The third-order valence-electron chi connectivity index (χ3n) is 2.64. The molecule has 0 aliphatic carbocycles. The maximum atomic E-state index is 11.7. The van der Waals surface area contributed by atoms with E-state index >= 15 is 0 Å². The molecule has 1 saturated heterocycles. The predicted octanol–water partition coefficient (Wildman–Crippen LogP) is 0.105. The highest BCUT2D eigenvalue weighted by molar-refractivity contribution is 8.00. The van der Waals surface area contributed by atoms with Gasteiger partial charge in [0, 0.05) is 26.7 Å². The van der Waals surface area contributed by atoms with Crippen LogP contribution in [0.25, 0.3) is 0 Å². The average molecular weight is 290 g/mol. The van der Waals surface area contributed by atoms with Gasteiger partial charge in [0.05, 0.1) is 18.1 Å². The molecule has 0 bridgehead atoms. The lowest BCUT2D eigenvalue weighted by Crippen LogP contribution is -2.43. The Hall–Kier alpha value is -1.44. The van der Waals surface area contributed by atoms with E-state index in [9.17, 15) is 14.4 Å². The summed E-state index contributed by atoms with van der Waals surface area (Å²) in [5.74, 6) is -1.03. The van der Waals surface area contributed by atoms with Gasteiger partial charge in [0.25, 0.3) is 0 Å². The van der Waals surface area contributed by atoms with Crippen LogP contribution >= 0.6 is 11.8 Å². The zero-order chi connectivity index (χ0) is 14.3. The third kappa shape index (κ3) is 5.82. The summed E-state index contributed by atoms with van der Waals surface area (Å²) in [6.07, 6.45) is 0.463. The van der Waals surface area contributed by atoms with Crippen LogP contribution in [0.2, 0.25) is 0 Å². The monoisotopic (exact) mass is 290 g/mol. The third-order valence-corrected chi connectivity index (χ3v) is 3.54. The van der Waals surface area contributed by atoms with Crippen LogP contribution in [0.4, 0.5) is 4.79 Å². The first-order valence-electron chi connectivity index (χ1n) is 5.96. The number of nitrogens with zero attached hydrogens (tertiary/aromatic N) is 2. The average Bonchev–Trinajstić information content (AvgIpc) is 2.36. The Balaban J connectivity index is 2.22. The number of ether oxygens (including phenoxy) is 1. The van der Waals surface area contributed by atoms with Crippen molar-refractivity contribution < 1.29 is 24.2 Å². The highest BCUT2D eigenvalue weighted by Crippen LogP contribution is 2.05. The zero-order valence-electron chi connectivity index (χ0n) is 10.8. The van der Waals surface area contributed by atoms with Crippen molar-refractivity contribution in [3.05, 3.63) is 0 Å². The Bertz CT molecular complexity index is 350. The fourth-order valence-corrected chi connectivity index (χ4v) is 2.20. The molecule has 0 radical (unpaired) electrons. The minimum Gasteiger partial charge on any atom is -0.481 e. The largest absolute Gasteiger partial charge is 0.481 e. The number of thioether (sulfide) groups is 1. The van der Waals surface area contributed by atoms with Crippen LogP contribution in [0.3, 0.4) is 0 Å². The quantitative estimate of drug-likeness (QED) is 0.716. The summed E-state index contributed by atoms with van der Waals surface area (Å²) in [6, 6.07) is 0. The zero-order valence-corrected chi connectivity index (χ0v) is 11.6. The standard InChI is InChI=1S/C11H18N2O5S/c1-12(9(14)7-19-8-10(15)16)4-5-13-3-2-6-18-11(13)17/h2-8H2,1H3,(H,15,16). The summed E-state index contributed by atoms with van der Waals surface area (Å²) < 4.78 is 4.89. The molecule has 0 unspecified atom stereocenters. The van der Waals surface area contributed by atoms with E-state index in [2.05, 4.69) is 0 Å².